The second-order valence-electron chi connectivity index (χ2n) is 12.1. The van der Waals surface area contributed by atoms with Gasteiger partial charge in [-0.15, -0.1) is 0 Å². The van der Waals surface area contributed by atoms with E-state index in [2.05, 4.69) is 173 Å². The molecular weight excluding hydrogens is 544 g/mol. The Morgan fingerprint density at radius 2 is 0.867 bits per heavy atom. The molecule has 45 heavy (non-hydrogen) atoms. The molecule has 1 aliphatic rings. The van der Waals surface area contributed by atoms with Crippen LogP contribution in [0.3, 0.4) is 0 Å². The zero-order chi connectivity index (χ0) is 29.5. The zero-order valence-corrected chi connectivity index (χ0v) is 24.6. The third kappa shape index (κ3) is 3.45. The largest absolute Gasteiger partial charge is 0.309 e. The number of hydrogen-bond donors (Lipinski definition) is 0. The summed E-state index contributed by atoms with van der Waals surface area (Å²) in [5, 5.41) is 5.15. The Kier molecular flexibility index (Phi) is 5.09. The molecular formula is C43H28N2. The molecule has 2 heteroatoms. The smallest absolute Gasteiger partial charge is 0.0541 e. The van der Waals surface area contributed by atoms with Gasteiger partial charge in [-0.3, -0.25) is 0 Å². The van der Waals surface area contributed by atoms with Crippen molar-refractivity contribution >= 4 is 43.6 Å². The highest BCUT2D eigenvalue weighted by Crippen LogP contribution is 2.50. The SMILES string of the molecule is c1ccc(-n2c3ccccc3c3cc(C4c5ccccc5-c5cc(-n6c7ccccc7c7ccccc76)ccc54)ccc32)cc1. The summed E-state index contributed by atoms with van der Waals surface area (Å²) in [7, 11) is 0. The first-order chi connectivity index (χ1) is 22.3. The van der Waals surface area contributed by atoms with E-state index < -0.39 is 0 Å². The van der Waals surface area contributed by atoms with E-state index in [1.165, 1.54) is 82.8 Å². The summed E-state index contributed by atoms with van der Waals surface area (Å²) in [4.78, 5) is 0. The number of para-hydroxylation sites is 4. The van der Waals surface area contributed by atoms with Crippen molar-refractivity contribution in [2.75, 3.05) is 0 Å². The van der Waals surface area contributed by atoms with Gasteiger partial charge in [0.15, 0.2) is 0 Å². The van der Waals surface area contributed by atoms with Crippen LogP contribution in [-0.2, 0) is 0 Å². The van der Waals surface area contributed by atoms with E-state index in [-0.39, 0.29) is 5.92 Å². The van der Waals surface area contributed by atoms with Crippen molar-refractivity contribution in [1.82, 2.24) is 9.13 Å². The maximum atomic E-state index is 2.44. The Labute approximate surface area is 261 Å². The van der Waals surface area contributed by atoms with E-state index in [1.54, 1.807) is 0 Å². The number of fused-ring (bicyclic) bond motifs is 9. The molecule has 210 valence electrons. The van der Waals surface area contributed by atoms with Gasteiger partial charge in [-0.2, -0.15) is 0 Å². The first-order valence-electron chi connectivity index (χ1n) is 15.7. The number of nitrogens with zero attached hydrogens (tertiary/aromatic N) is 2. The summed E-state index contributed by atoms with van der Waals surface area (Å²) in [5.41, 5.74) is 14.0. The Balaban J connectivity index is 1.19. The van der Waals surface area contributed by atoms with Gasteiger partial charge in [-0.25, -0.2) is 0 Å². The van der Waals surface area contributed by atoms with Gasteiger partial charge in [0.05, 0.1) is 22.1 Å². The monoisotopic (exact) mass is 572 g/mol. The van der Waals surface area contributed by atoms with Gasteiger partial charge in [0.2, 0.25) is 0 Å². The summed E-state index contributed by atoms with van der Waals surface area (Å²) in [6.07, 6.45) is 0. The maximum Gasteiger partial charge on any atom is 0.0541 e. The molecule has 0 spiro atoms. The Bertz CT molecular complexity index is 2550. The lowest BCUT2D eigenvalue weighted by atomic mass is 9.88. The lowest BCUT2D eigenvalue weighted by Crippen LogP contribution is -2.00. The fraction of sp³-hybridized carbons (Fsp3) is 0.0233. The first-order valence-corrected chi connectivity index (χ1v) is 15.7. The molecule has 2 heterocycles. The highest BCUT2D eigenvalue weighted by atomic mass is 15.0. The quantitative estimate of drug-likeness (QED) is 0.199. The summed E-state index contributed by atoms with van der Waals surface area (Å²) in [6, 6.07) is 60.2. The number of hydrogen-bond acceptors (Lipinski definition) is 0. The summed E-state index contributed by atoms with van der Waals surface area (Å²) in [6.45, 7) is 0. The molecule has 0 aliphatic heterocycles. The van der Waals surface area contributed by atoms with Crippen LogP contribution in [0.2, 0.25) is 0 Å². The lowest BCUT2D eigenvalue weighted by molar-refractivity contribution is 1.02. The van der Waals surface area contributed by atoms with Gasteiger partial charge in [0.25, 0.3) is 0 Å². The lowest BCUT2D eigenvalue weighted by Gasteiger charge is -2.16. The maximum absolute atomic E-state index is 2.44. The van der Waals surface area contributed by atoms with Gasteiger partial charge in [-0.05, 0) is 82.4 Å². The van der Waals surface area contributed by atoms with Gasteiger partial charge >= 0.3 is 0 Å². The molecule has 0 amide bonds. The molecule has 0 saturated heterocycles. The van der Waals surface area contributed by atoms with Crippen LogP contribution < -0.4 is 0 Å². The summed E-state index contributed by atoms with van der Waals surface area (Å²) < 4.78 is 4.81. The second kappa shape index (κ2) is 9.32. The highest BCUT2D eigenvalue weighted by molar-refractivity contribution is 6.10. The molecule has 9 aromatic rings. The van der Waals surface area contributed by atoms with Crippen molar-refractivity contribution in [2.45, 2.75) is 5.92 Å². The van der Waals surface area contributed by atoms with E-state index in [0.717, 1.165) is 0 Å². The molecule has 0 saturated carbocycles. The minimum Gasteiger partial charge on any atom is -0.309 e. The Morgan fingerprint density at radius 3 is 1.58 bits per heavy atom. The molecule has 1 atom stereocenters. The average Bonchev–Trinajstić information content (AvgIpc) is 3.74. The standard InChI is InChI=1S/C43H28N2/c1-2-12-29(13-3-1)44-41-21-11-8-17-34(41)38-26-28(22-25-42(38)44)43-35-18-5-4-14-31(35)37-27-30(23-24-36(37)43)45-39-19-9-6-15-32(39)33-16-7-10-20-40(33)45/h1-27,43H. The molecule has 2 nitrogen and oxygen atoms in total. The molecule has 1 unspecified atom stereocenters. The molecule has 0 N–H and O–H groups in total. The molecule has 0 radical (unpaired) electrons. The van der Waals surface area contributed by atoms with Crippen LogP contribution in [0.5, 0.6) is 0 Å². The van der Waals surface area contributed by atoms with Crippen LogP contribution in [0.4, 0.5) is 0 Å². The molecule has 0 fully saturated rings. The van der Waals surface area contributed by atoms with Crippen molar-refractivity contribution in [1.29, 1.82) is 0 Å². The van der Waals surface area contributed by atoms with Gasteiger partial charge in [0.1, 0.15) is 0 Å². The molecule has 0 bridgehead atoms. The minimum atomic E-state index is 0.173. The van der Waals surface area contributed by atoms with Crippen LogP contribution in [0.1, 0.15) is 22.6 Å². The molecule has 1 aliphatic carbocycles. The average molecular weight is 573 g/mol. The number of aromatic nitrogens is 2. The topological polar surface area (TPSA) is 9.86 Å². The predicted octanol–water partition coefficient (Wildman–Crippen LogP) is 11.0. The molecule has 7 aromatic carbocycles. The molecule has 2 aromatic heterocycles. The zero-order valence-electron chi connectivity index (χ0n) is 24.6. The van der Waals surface area contributed by atoms with Crippen LogP contribution in [-0.4, -0.2) is 9.13 Å². The van der Waals surface area contributed by atoms with E-state index in [9.17, 15) is 0 Å². The highest BCUT2D eigenvalue weighted by Gasteiger charge is 2.31. The van der Waals surface area contributed by atoms with Crippen LogP contribution in [0.15, 0.2) is 164 Å². The van der Waals surface area contributed by atoms with E-state index in [4.69, 9.17) is 0 Å². The predicted molar refractivity (Wildman–Crippen MR) is 188 cm³/mol. The number of rotatable bonds is 3. The van der Waals surface area contributed by atoms with Crippen LogP contribution in [0, 0.1) is 0 Å². The molecule has 10 rings (SSSR count). The van der Waals surface area contributed by atoms with Crippen molar-refractivity contribution < 1.29 is 0 Å². The van der Waals surface area contributed by atoms with Gasteiger partial charge in [0, 0.05) is 38.8 Å². The van der Waals surface area contributed by atoms with Crippen LogP contribution in [0.25, 0.3) is 66.1 Å². The van der Waals surface area contributed by atoms with Crippen molar-refractivity contribution in [3.05, 3.63) is 180 Å². The van der Waals surface area contributed by atoms with Crippen molar-refractivity contribution in [2.24, 2.45) is 0 Å². The van der Waals surface area contributed by atoms with E-state index >= 15 is 0 Å². The van der Waals surface area contributed by atoms with E-state index in [1.807, 2.05) is 0 Å². The Morgan fingerprint density at radius 1 is 0.333 bits per heavy atom. The summed E-state index contributed by atoms with van der Waals surface area (Å²) in [5.74, 6) is 0.173. The third-order valence-corrected chi connectivity index (χ3v) is 9.79. The normalized spacial score (nSPS) is 14.0. The summed E-state index contributed by atoms with van der Waals surface area (Å²) >= 11 is 0. The number of benzene rings is 7. The van der Waals surface area contributed by atoms with Crippen molar-refractivity contribution in [3.63, 3.8) is 0 Å². The second-order valence-corrected chi connectivity index (χ2v) is 12.1. The van der Waals surface area contributed by atoms with Crippen molar-refractivity contribution in [3.8, 4) is 22.5 Å². The van der Waals surface area contributed by atoms with E-state index in [0.29, 0.717) is 0 Å². The fourth-order valence-electron chi connectivity index (χ4n) is 7.92. The van der Waals surface area contributed by atoms with Gasteiger partial charge in [-0.1, -0.05) is 109 Å². The Hall–Kier alpha value is -5.86. The first kappa shape index (κ1) is 24.6. The third-order valence-electron chi connectivity index (χ3n) is 9.79. The minimum absolute atomic E-state index is 0.173. The van der Waals surface area contributed by atoms with Crippen LogP contribution >= 0.6 is 0 Å². The fourth-order valence-corrected chi connectivity index (χ4v) is 7.92. The van der Waals surface area contributed by atoms with Gasteiger partial charge < -0.3 is 9.13 Å².